The number of ether oxygens (including phenoxy) is 3. The Morgan fingerprint density at radius 2 is 1.58 bits per heavy atom. The van der Waals surface area contributed by atoms with Gasteiger partial charge >= 0.3 is 6.08 Å². The fraction of sp³-hybridized carbons (Fsp3) is 0.120. The van der Waals surface area contributed by atoms with Gasteiger partial charge in [-0.25, -0.2) is 14.7 Å². The molecule has 8 heteroatoms. The minimum Gasteiger partial charge on any atom is -0.497 e. The van der Waals surface area contributed by atoms with Crippen LogP contribution in [-0.2, 0) is 17.9 Å². The molecule has 1 aliphatic rings. The lowest BCUT2D eigenvalue weighted by atomic mass is 10.2. The second-order valence-corrected chi connectivity index (χ2v) is 7.32. The summed E-state index contributed by atoms with van der Waals surface area (Å²) in [6.07, 6.45) is 1.80. The van der Waals surface area contributed by atoms with Crippen molar-refractivity contribution in [2.45, 2.75) is 13.2 Å². The first-order valence-electron chi connectivity index (χ1n) is 10.5. The highest BCUT2D eigenvalue weighted by Gasteiger charge is 2.29. The van der Waals surface area contributed by atoms with Crippen molar-refractivity contribution < 1.29 is 14.2 Å². The van der Waals surface area contributed by atoms with Gasteiger partial charge in [-0.3, -0.25) is 0 Å². The Morgan fingerprint density at radius 1 is 0.879 bits per heavy atom. The smallest absolute Gasteiger partial charge is 0.413 e. The summed E-state index contributed by atoms with van der Waals surface area (Å²) in [5.41, 5.74) is 6.28. The minimum atomic E-state index is 0.130. The molecule has 1 aromatic heterocycles. The molecule has 3 aromatic carbocycles. The molecule has 0 unspecified atom stereocenters. The Labute approximate surface area is 191 Å². The molecule has 1 aliphatic heterocycles. The maximum atomic E-state index is 6.01. The van der Waals surface area contributed by atoms with E-state index in [-0.39, 0.29) is 6.08 Å². The van der Waals surface area contributed by atoms with Crippen molar-refractivity contribution in [1.82, 2.24) is 9.66 Å². The Balaban J connectivity index is 1.42. The summed E-state index contributed by atoms with van der Waals surface area (Å²) >= 11 is 0. The number of benzene rings is 3. The first-order chi connectivity index (χ1) is 16.3. The molecule has 8 nitrogen and oxygen atoms in total. The highest BCUT2D eigenvalue weighted by atomic mass is 16.7. The third-order valence-corrected chi connectivity index (χ3v) is 5.09. The van der Waals surface area contributed by atoms with Crippen LogP contribution >= 0.6 is 0 Å². The first-order valence-corrected chi connectivity index (χ1v) is 10.5. The van der Waals surface area contributed by atoms with Gasteiger partial charge in [-0.05, 0) is 35.4 Å². The standard InChI is InChI=1S/C25H23N5O3/c1-31-22-14-12-21(13-15-22)30-23-24(29(18-26-23)27-16-19-8-4-2-5-9-19)33-25(28-30)32-17-20-10-6-3-7-11-20/h2-15,18,27H,16-17H2,1H3. The quantitative estimate of drug-likeness (QED) is 0.450. The Morgan fingerprint density at radius 3 is 2.27 bits per heavy atom. The van der Waals surface area contributed by atoms with Crippen LogP contribution in [0.2, 0.25) is 0 Å². The molecule has 166 valence electrons. The molecule has 0 spiro atoms. The molecule has 5 rings (SSSR count). The number of nitrogens with zero attached hydrogens (tertiary/aromatic N) is 4. The van der Waals surface area contributed by atoms with Crippen LogP contribution in [0.5, 0.6) is 11.6 Å². The average molecular weight is 441 g/mol. The predicted molar refractivity (Wildman–Crippen MR) is 126 cm³/mol. The predicted octanol–water partition coefficient (Wildman–Crippen LogP) is 4.65. The summed E-state index contributed by atoms with van der Waals surface area (Å²) in [5, 5.41) is 6.25. The number of fused-ring (bicyclic) bond motifs is 1. The van der Waals surface area contributed by atoms with E-state index in [0.717, 1.165) is 22.6 Å². The van der Waals surface area contributed by atoms with E-state index in [1.807, 2.05) is 72.8 Å². The fourth-order valence-electron chi connectivity index (χ4n) is 3.37. The summed E-state index contributed by atoms with van der Waals surface area (Å²) in [6.45, 7) is 0.934. The third kappa shape index (κ3) is 4.59. The molecular weight excluding hydrogens is 418 g/mol. The number of hydrazone groups is 1. The van der Waals surface area contributed by atoms with Gasteiger partial charge in [0.1, 0.15) is 18.7 Å². The Hall–Kier alpha value is -4.46. The number of methoxy groups -OCH3 is 1. The fourth-order valence-corrected chi connectivity index (χ4v) is 3.37. The maximum Gasteiger partial charge on any atom is 0.413 e. The highest BCUT2D eigenvalue weighted by Crippen LogP contribution is 2.36. The van der Waals surface area contributed by atoms with Crippen LogP contribution in [-0.4, -0.2) is 22.9 Å². The number of hydrogen-bond donors (Lipinski definition) is 1. The molecule has 0 amide bonds. The molecule has 0 bridgehead atoms. The summed E-state index contributed by atoms with van der Waals surface area (Å²) < 4.78 is 18.9. The van der Waals surface area contributed by atoms with Crippen LogP contribution in [0, 0.1) is 0 Å². The highest BCUT2D eigenvalue weighted by molar-refractivity contribution is 5.80. The van der Waals surface area contributed by atoms with Crippen LogP contribution in [0.1, 0.15) is 11.1 Å². The molecule has 0 aliphatic carbocycles. The van der Waals surface area contributed by atoms with Crippen LogP contribution in [0.4, 0.5) is 11.5 Å². The number of hydrogen-bond acceptors (Lipinski definition) is 7. The molecular formula is C25H23N5O3. The van der Waals surface area contributed by atoms with Gasteiger partial charge in [0.15, 0.2) is 0 Å². The van der Waals surface area contributed by atoms with E-state index in [2.05, 4.69) is 27.6 Å². The second kappa shape index (κ2) is 9.35. The third-order valence-electron chi connectivity index (χ3n) is 5.09. The molecule has 0 radical (unpaired) electrons. The van der Waals surface area contributed by atoms with Crippen molar-refractivity contribution in [3.8, 4) is 11.6 Å². The van der Waals surface area contributed by atoms with Gasteiger partial charge in [0.25, 0.3) is 5.88 Å². The van der Waals surface area contributed by atoms with Gasteiger partial charge in [-0.2, -0.15) is 0 Å². The molecule has 1 N–H and O–H groups in total. The largest absolute Gasteiger partial charge is 0.497 e. The van der Waals surface area contributed by atoms with Gasteiger partial charge in [-0.1, -0.05) is 65.8 Å². The number of aromatic nitrogens is 2. The normalized spacial score (nSPS) is 12.4. The average Bonchev–Trinajstić information content (AvgIpc) is 3.30. The maximum absolute atomic E-state index is 6.01. The topological polar surface area (TPSA) is 73.1 Å². The molecule has 33 heavy (non-hydrogen) atoms. The summed E-state index contributed by atoms with van der Waals surface area (Å²) in [6, 6.07) is 27.5. The van der Waals surface area contributed by atoms with E-state index in [1.54, 1.807) is 23.1 Å². The number of nitrogens with one attached hydrogen (secondary N) is 1. The lowest BCUT2D eigenvalue weighted by Gasteiger charge is -2.24. The van der Waals surface area contributed by atoms with E-state index >= 15 is 0 Å². The molecule has 2 heterocycles. The number of imidazole rings is 1. The van der Waals surface area contributed by atoms with Crippen LogP contribution < -0.4 is 19.9 Å². The minimum absolute atomic E-state index is 0.130. The van der Waals surface area contributed by atoms with Crippen LogP contribution in [0.25, 0.3) is 0 Å². The SMILES string of the molecule is COc1ccc(N2N=C(OCc3ccccc3)Oc3c2ncn3NCc2ccccc2)cc1. The van der Waals surface area contributed by atoms with Crippen molar-refractivity contribution >= 4 is 17.6 Å². The van der Waals surface area contributed by atoms with Crippen molar-refractivity contribution in [1.29, 1.82) is 0 Å². The van der Waals surface area contributed by atoms with Crippen LogP contribution in [0.15, 0.2) is 96.4 Å². The van der Waals surface area contributed by atoms with Crippen molar-refractivity contribution in [2.24, 2.45) is 5.10 Å². The summed E-state index contributed by atoms with van der Waals surface area (Å²) in [5.74, 6) is 1.79. The van der Waals surface area contributed by atoms with E-state index in [9.17, 15) is 0 Å². The van der Waals surface area contributed by atoms with Crippen molar-refractivity contribution in [2.75, 3.05) is 17.5 Å². The zero-order valence-electron chi connectivity index (χ0n) is 18.1. The van der Waals surface area contributed by atoms with Gasteiger partial charge in [0.2, 0.25) is 5.82 Å². The van der Waals surface area contributed by atoms with Crippen molar-refractivity contribution in [3.63, 3.8) is 0 Å². The number of rotatable bonds is 7. The van der Waals surface area contributed by atoms with Crippen molar-refractivity contribution in [3.05, 3.63) is 102 Å². The second-order valence-electron chi connectivity index (χ2n) is 7.32. The lowest BCUT2D eigenvalue weighted by Crippen LogP contribution is -2.27. The Kier molecular flexibility index (Phi) is 5.79. The zero-order valence-corrected chi connectivity index (χ0v) is 18.1. The summed E-state index contributed by atoms with van der Waals surface area (Å²) in [7, 11) is 1.63. The van der Waals surface area contributed by atoms with Gasteiger partial charge in [0.05, 0.1) is 19.3 Å². The lowest BCUT2D eigenvalue weighted by molar-refractivity contribution is 0.215. The van der Waals surface area contributed by atoms with Crippen LogP contribution in [0.3, 0.4) is 0 Å². The molecule has 0 atom stereocenters. The number of anilines is 2. The summed E-state index contributed by atoms with van der Waals surface area (Å²) in [4.78, 5) is 4.53. The zero-order chi connectivity index (χ0) is 22.5. The first kappa shape index (κ1) is 20.4. The molecule has 0 fully saturated rings. The van der Waals surface area contributed by atoms with Gasteiger partial charge in [0, 0.05) is 0 Å². The van der Waals surface area contributed by atoms with E-state index < -0.39 is 0 Å². The molecule has 4 aromatic rings. The monoisotopic (exact) mass is 441 g/mol. The molecule has 0 saturated carbocycles. The van der Waals surface area contributed by atoms with E-state index in [4.69, 9.17) is 14.2 Å². The van der Waals surface area contributed by atoms with Gasteiger partial charge in [-0.15, -0.1) is 0 Å². The Bertz CT molecular complexity index is 1220. The van der Waals surface area contributed by atoms with E-state index in [1.165, 1.54) is 0 Å². The van der Waals surface area contributed by atoms with Gasteiger partial charge < -0.3 is 19.6 Å². The van der Waals surface area contributed by atoms with E-state index in [0.29, 0.717) is 24.8 Å². The molecule has 0 saturated heterocycles.